The molecule has 1 aliphatic heterocycles. The van der Waals surface area contributed by atoms with Gasteiger partial charge in [0.1, 0.15) is 0 Å². The summed E-state index contributed by atoms with van der Waals surface area (Å²) in [5.74, 6) is 1.39. The molecule has 0 radical (unpaired) electrons. The molecule has 1 aliphatic rings. The number of halogens is 1. The zero-order valence-electron chi connectivity index (χ0n) is 10.0. The molecule has 5 heteroatoms. The van der Waals surface area contributed by atoms with Crippen molar-refractivity contribution < 1.29 is 9.90 Å². The van der Waals surface area contributed by atoms with E-state index in [1.54, 1.807) is 16.7 Å². The number of hydrogen-bond donors (Lipinski definition) is 1. The third-order valence-electron chi connectivity index (χ3n) is 2.92. The molecule has 98 valence electrons. The SMILES string of the molecule is O=C(CSCc1ccc(Cl)cc1)N1CC[C@H](O)C1. The zero-order valence-corrected chi connectivity index (χ0v) is 11.6. The van der Waals surface area contributed by atoms with Crippen LogP contribution in [-0.4, -0.2) is 40.9 Å². The van der Waals surface area contributed by atoms with Gasteiger partial charge >= 0.3 is 0 Å². The number of likely N-dealkylation sites (tertiary alicyclic amines) is 1. The predicted octanol–water partition coefficient (Wildman–Crippen LogP) is 2.17. The Morgan fingerprint density at radius 1 is 1.44 bits per heavy atom. The van der Waals surface area contributed by atoms with Gasteiger partial charge in [0, 0.05) is 23.9 Å². The second kappa shape index (κ2) is 6.45. The van der Waals surface area contributed by atoms with Crippen molar-refractivity contribution in [2.45, 2.75) is 18.3 Å². The third-order valence-corrected chi connectivity index (χ3v) is 4.16. The number of hydrogen-bond acceptors (Lipinski definition) is 3. The van der Waals surface area contributed by atoms with Crippen LogP contribution in [0.15, 0.2) is 24.3 Å². The molecule has 1 amide bonds. The first-order chi connectivity index (χ1) is 8.65. The summed E-state index contributed by atoms with van der Waals surface area (Å²) in [5, 5.41) is 10.1. The van der Waals surface area contributed by atoms with Gasteiger partial charge in [-0.05, 0) is 24.1 Å². The van der Waals surface area contributed by atoms with Crippen LogP contribution in [0.3, 0.4) is 0 Å². The number of benzene rings is 1. The van der Waals surface area contributed by atoms with Gasteiger partial charge < -0.3 is 10.0 Å². The molecule has 1 atom stereocenters. The smallest absolute Gasteiger partial charge is 0.232 e. The second-order valence-electron chi connectivity index (χ2n) is 4.40. The molecule has 0 spiro atoms. The second-order valence-corrected chi connectivity index (χ2v) is 5.82. The molecular formula is C13H16ClNO2S. The lowest BCUT2D eigenvalue weighted by Crippen LogP contribution is -2.30. The fraction of sp³-hybridized carbons (Fsp3) is 0.462. The largest absolute Gasteiger partial charge is 0.391 e. The standard InChI is InChI=1S/C13H16ClNO2S/c14-11-3-1-10(2-4-11)8-18-9-13(17)15-6-5-12(16)7-15/h1-4,12,16H,5-9H2/t12-/m0/s1. The minimum Gasteiger partial charge on any atom is -0.391 e. The summed E-state index contributed by atoms with van der Waals surface area (Å²) in [6.45, 7) is 1.17. The lowest BCUT2D eigenvalue weighted by Gasteiger charge is -2.14. The molecule has 0 unspecified atom stereocenters. The van der Waals surface area contributed by atoms with Crippen LogP contribution in [-0.2, 0) is 10.5 Å². The highest BCUT2D eigenvalue weighted by molar-refractivity contribution is 7.99. The number of thioether (sulfide) groups is 1. The number of carbonyl (C=O) groups is 1. The van der Waals surface area contributed by atoms with Crippen molar-refractivity contribution in [3.05, 3.63) is 34.9 Å². The van der Waals surface area contributed by atoms with E-state index in [-0.39, 0.29) is 12.0 Å². The minimum absolute atomic E-state index is 0.116. The van der Waals surface area contributed by atoms with Gasteiger partial charge in [0.25, 0.3) is 0 Å². The van der Waals surface area contributed by atoms with E-state index < -0.39 is 0 Å². The maximum absolute atomic E-state index is 11.8. The summed E-state index contributed by atoms with van der Waals surface area (Å²) in [7, 11) is 0. The Hall–Kier alpha value is -0.710. The van der Waals surface area contributed by atoms with Crippen molar-refractivity contribution in [3.63, 3.8) is 0 Å². The van der Waals surface area contributed by atoms with Crippen molar-refractivity contribution in [1.82, 2.24) is 4.90 Å². The van der Waals surface area contributed by atoms with Gasteiger partial charge in [0.05, 0.1) is 11.9 Å². The van der Waals surface area contributed by atoms with Crippen LogP contribution in [0.1, 0.15) is 12.0 Å². The Balaban J connectivity index is 1.72. The quantitative estimate of drug-likeness (QED) is 0.922. The normalized spacial score (nSPS) is 19.2. The summed E-state index contributed by atoms with van der Waals surface area (Å²) in [6.07, 6.45) is 0.364. The molecule has 1 aromatic carbocycles. The third kappa shape index (κ3) is 3.90. The summed E-state index contributed by atoms with van der Waals surface area (Å²) in [6, 6.07) is 7.66. The number of aliphatic hydroxyl groups excluding tert-OH is 1. The van der Waals surface area contributed by atoms with Crippen LogP contribution in [0, 0.1) is 0 Å². The van der Waals surface area contributed by atoms with Crippen LogP contribution in [0.25, 0.3) is 0 Å². The summed E-state index contributed by atoms with van der Waals surface area (Å²) < 4.78 is 0. The van der Waals surface area contributed by atoms with Gasteiger partial charge in [0.2, 0.25) is 5.91 Å². The first kappa shape index (κ1) is 13.7. The highest BCUT2D eigenvalue weighted by atomic mass is 35.5. The lowest BCUT2D eigenvalue weighted by atomic mass is 10.2. The molecule has 1 saturated heterocycles. The molecule has 3 nitrogen and oxygen atoms in total. The Morgan fingerprint density at radius 2 is 2.17 bits per heavy atom. The molecule has 1 heterocycles. The fourth-order valence-electron chi connectivity index (χ4n) is 1.90. The Kier molecular flexibility index (Phi) is 4.92. The summed E-state index contributed by atoms with van der Waals surface area (Å²) in [5.41, 5.74) is 1.17. The van der Waals surface area contributed by atoms with E-state index in [9.17, 15) is 9.90 Å². The van der Waals surface area contributed by atoms with Crippen molar-refractivity contribution >= 4 is 29.3 Å². The number of nitrogens with zero attached hydrogens (tertiary/aromatic N) is 1. The van der Waals surface area contributed by atoms with E-state index in [0.717, 1.165) is 10.8 Å². The molecule has 2 rings (SSSR count). The first-order valence-corrected chi connectivity index (χ1v) is 7.46. The number of aliphatic hydroxyl groups is 1. The highest BCUT2D eigenvalue weighted by Gasteiger charge is 2.23. The predicted molar refractivity (Wildman–Crippen MR) is 74.8 cm³/mol. The average molecular weight is 286 g/mol. The van der Waals surface area contributed by atoms with E-state index in [1.165, 1.54) is 5.56 Å². The van der Waals surface area contributed by atoms with Gasteiger partial charge in [-0.1, -0.05) is 23.7 Å². The minimum atomic E-state index is -0.338. The van der Waals surface area contributed by atoms with Gasteiger partial charge in [0.15, 0.2) is 0 Å². The average Bonchev–Trinajstić information content (AvgIpc) is 2.78. The monoisotopic (exact) mass is 285 g/mol. The van der Waals surface area contributed by atoms with Gasteiger partial charge in [-0.2, -0.15) is 0 Å². The van der Waals surface area contributed by atoms with E-state index in [4.69, 9.17) is 11.6 Å². The number of amides is 1. The molecule has 0 saturated carbocycles. The molecule has 1 N–H and O–H groups in total. The Labute approximate surface area is 116 Å². The molecule has 0 bridgehead atoms. The molecule has 1 fully saturated rings. The van der Waals surface area contributed by atoms with E-state index in [1.807, 2.05) is 24.3 Å². The zero-order chi connectivity index (χ0) is 13.0. The molecular weight excluding hydrogens is 270 g/mol. The van der Waals surface area contributed by atoms with Gasteiger partial charge in [-0.15, -0.1) is 11.8 Å². The lowest BCUT2D eigenvalue weighted by molar-refractivity contribution is -0.127. The van der Waals surface area contributed by atoms with Gasteiger partial charge in [-0.25, -0.2) is 0 Å². The van der Waals surface area contributed by atoms with E-state index in [2.05, 4.69) is 0 Å². The maximum Gasteiger partial charge on any atom is 0.232 e. The van der Waals surface area contributed by atoms with Gasteiger partial charge in [-0.3, -0.25) is 4.79 Å². The van der Waals surface area contributed by atoms with E-state index >= 15 is 0 Å². The molecule has 18 heavy (non-hydrogen) atoms. The van der Waals surface area contributed by atoms with Crippen molar-refractivity contribution in [3.8, 4) is 0 Å². The van der Waals surface area contributed by atoms with Crippen LogP contribution >= 0.6 is 23.4 Å². The molecule has 0 aromatic heterocycles. The summed E-state index contributed by atoms with van der Waals surface area (Å²) >= 11 is 7.40. The molecule has 0 aliphatic carbocycles. The van der Waals surface area contributed by atoms with Crippen LogP contribution in [0.4, 0.5) is 0 Å². The number of β-amino-alcohol motifs (C(OH)–C–C–N with tert-alkyl or cyclic N) is 1. The number of carbonyl (C=O) groups excluding carboxylic acids is 1. The topological polar surface area (TPSA) is 40.5 Å². The van der Waals surface area contributed by atoms with Crippen molar-refractivity contribution in [2.75, 3.05) is 18.8 Å². The Bertz CT molecular complexity index is 410. The van der Waals surface area contributed by atoms with E-state index in [0.29, 0.717) is 25.3 Å². The Morgan fingerprint density at radius 3 is 2.78 bits per heavy atom. The van der Waals surface area contributed by atoms with Crippen molar-refractivity contribution in [2.24, 2.45) is 0 Å². The molecule has 1 aromatic rings. The summed E-state index contributed by atoms with van der Waals surface area (Å²) in [4.78, 5) is 13.5. The first-order valence-electron chi connectivity index (χ1n) is 5.93. The van der Waals surface area contributed by atoms with Crippen LogP contribution in [0.2, 0.25) is 5.02 Å². The maximum atomic E-state index is 11.8. The van der Waals surface area contributed by atoms with Crippen LogP contribution < -0.4 is 0 Å². The number of rotatable bonds is 4. The van der Waals surface area contributed by atoms with Crippen molar-refractivity contribution in [1.29, 1.82) is 0 Å². The van der Waals surface area contributed by atoms with Crippen LogP contribution in [0.5, 0.6) is 0 Å². The highest BCUT2D eigenvalue weighted by Crippen LogP contribution is 2.17. The fourth-order valence-corrected chi connectivity index (χ4v) is 2.91.